The fraction of sp³-hybridized carbons (Fsp3) is 0.421. The molecule has 0 spiro atoms. The van der Waals surface area contributed by atoms with Crippen LogP contribution in [-0.4, -0.2) is 10.5 Å². The summed E-state index contributed by atoms with van der Waals surface area (Å²) < 4.78 is 2.23. The molecule has 1 fully saturated rings. The minimum atomic E-state index is -0.377. The highest BCUT2D eigenvalue weighted by Gasteiger charge is 2.21. The largest absolute Gasteiger partial charge is 0.366 e. The quantitative estimate of drug-likeness (QED) is 0.860. The van der Waals surface area contributed by atoms with E-state index in [0.29, 0.717) is 16.5 Å². The fourth-order valence-corrected chi connectivity index (χ4v) is 3.88. The van der Waals surface area contributed by atoms with Crippen LogP contribution in [0, 0.1) is 12.8 Å². The van der Waals surface area contributed by atoms with Crippen LogP contribution in [0.4, 0.5) is 0 Å². The molecule has 0 unspecified atom stereocenters. The number of carbonyl (C=O) groups excluding carboxylic acids is 1. The first kappa shape index (κ1) is 16.1. The van der Waals surface area contributed by atoms with Gasteiger partial charge in [-0.1, -0.05) is 49.1 Å². The van der Waals surface area contributed by atoms with Gasteiger partial charge in [0.2, 0.25) is 0 Å². The number of hydrogen-bond donors (Lipinski definition) is 1. The molecular weight excluding hydrogens is 308 g/mol. The van der Waals surface area contributed by atoms with E-state index in [-0.39, 0.29) is 5.91 Å². The van der Waals surface area contributed by atoms with E-state index in [2.05, 4.69) is 4.57 Å². The molecule has 122 valence electrons. The van der Waals surface area contributed by atoms with Gasteiger partial charge in [-0.3, -0.25) is 4.79 Å². The van der Waals surface area contributed by atoms with E-state index in [9.17, 15) is 4.79 Å². The predicted molar refractivity (Wildman–Crippen MR) is 94.7 cm³/mol. The number of nitrogens with two attached hydrogens (primary N) is 1. The first-order chi connectivity index (χ1) is 11.1. The minimum Gasteiger partial charge on any atom is -0.366 e. The van der Waals surface area contributed by atoms with Crippen LogP contribution in [0.2, 0.25) is 5.02 Å². The van der Waals surface area contributed by atoms with E-state index in [0.717, 1.165) is 23.5 Å². The Morgan fingerprint density at radius 2 is 1.96 bits per heavy atom. The monoisotopic (exact) mass is 330 g/mol. The second-order valence-electron chi connectivity index (χ2n) is 6.49. The van der Waals surface area contributed by atoms with Crippen LogP contribution in [-0.2, 0) is 6.54 Å². The van der Waals surface area contributed by atoms with Crippen LogP contribution < -0.4 is 5.73 Å². The molecule has 1 aliphatic rings. The molecule has 1 aliphatic carbocycles. The average Bonchev–Trinajstić information content (AvgIpc) is 2.86. The zero-order valence-corrected chi connectivity index (χ0v) is 14.3. The smallest absolute Gasteiger partial charge is 0.250 e. The Morgan fingerprint density at radius 3 is 2.61 bits per heavy atom. The third-order valence-corrected chi connectivity index (χ3v) is 5.28. The van der Waals surface area contributed by atoms with Crippen molar-refractivity contribution in [3.8, 4) is 11.3 Å². The second-order valence-corrected chi connectivity index (χ2v) is 6.89. The van der Waals surface area contributed by atoms with Gasteiger partial charge in [-0.05, 0) is 37.8 Å². The number of aromatic nitrogens is 1. The van der Waals surface area contributed by atoms with Crippen molar-refractivity contribution in [2.75, 3.05) is 0 Å². The summed E-state index contributed by atoms with van der Waals surface area (Å²) >= 11 is 6.39. The van der Waals surface area contributed by atoms with Gasteiger partial charge in [-0.2, -0.15) is 0 Å². The first-order valence-corrected chi connectivity index (χ1v) is 8.70. The molecule has 4 heteroatoms. The summed E-state index contributed by atoms with van der Waals surface area (Å²) in [6.07, 6.45) is 6.45. The molecule has 2 aromatic rings. The average molecular weight is 331 g/mol. The number of halogens is 1. The Bertz CT molecular complexity index is 714. The maximum absolute atomic E-state index is 11.8. The molecule has 1 aromatic carbocycles. The Morgan fingerprint density at radius 1 is 1.26 bits per heavy atom. The van der Waals surface area contributed by atoms with Crippen LogP contribution >= 0.6 is 11.6 Å². The summed E-state index contributed by atoms with van der Waals surface area (Å²) in [5.41, 5.74) is 9.05. The number of amides is 1. The van der Waals surface area contributed by atoms with Crippen molar-refractivity contribution < 1.29 is 4.79 Å². The lowest BCUT2D eigenvalue weighted by Crippen LogP contribution is -2.17. The van der Waals surface area contributed by atoms with E-state index in [1.54, 1.807) is 0 Å². The standard InChI is InChI=1S/C19H23ClN2O/c1-13-16(19(21)23)11-18(15-9-5-6-10-17(15)20)22(13)12-14-7-3-2-4-8-14/h5-6,9-11,14H,2-4,7-8,12H2,1H3,(H2,21,23). The molecule has 23 heavy (non-hydrogen) atoms. The van der Waals surface area contributed by atoms with Gasteiger partial charge in [0.1, 0.15) is 0 Å². The van der Waals surface area contributed by atoms with E-state index in [1.165, 1.54) is 32.1 Å². The van der Waals surface area contributed by atoms with E-state index >= 15 is 0 Å². The molecule has 1 aromatic heterocycles. The highest BCUT2D eigenvalue weighted by atomic mass is 35.5. The number of nitrogens with zero attached hydrogens (tertiary/aromatic N) is 1. The lowest BCUT2D eigenvalue weighted by atomic mass is 9.89. The molecule has 1 saturated carbocycles. The maximum atomic E-state index is 11.8. The molecule has 0 aliphatic heterocycles. The summed E-state index contributed by atoms with van der Waals surface area (Å²) in [7, 11) is 0. The normalized spacial score (nSPS) is 15.7. The van der Waals surface area contributed by atoms with Crippen molar-refractivity contribution in [1.82, 2.24) is 4.57 Å². The molecular formula is C19H23ClN2O. The second kappa shape index (κ2) is 6.79. The third kappa shape index (κ3) is 3.30. The van der Waals surface area contributed by atoms with E-state index in [1.807, 2.05) is 37.3 Å². The van der Waals surface area contributed by atoms with Gasteiger partial charge in [0.15, 0.2) is 0 Å². The van der Waals surface area contributed by atoms with Gasteiger partial charge in [-0.25, -0.2) is 0 Å². The van der Waals surface area contributed by atoms with Gasteiger partial charge in [0.25, 0.3) is 5.91 Å². The summed E-state index contributed by atoms with van der Waals surface area (Å²) in [6.45, 7) is 2.91. The number of carbonyl (C=O) groups is 1. The van der Waals surface area contributed by atoms with Crippen LogP contribution in [0.1, 0.15) is 48.2 Å². The molecule has 3 rings (SSSR count). The van der Waals surface area contributed by atoms with Crippen LogP contribution in [0.5, 0.6) is 0 Å². The summed E-state index contributed by atoms with van der Waals surface area (Å²) in [6, 6.07) is 9.66. The van der Waals surface area contributed by atoms with Crippen molar-refractivity contribution in [1.29, 1.82) is 0 Å². The zero-order chi connectivity index (χ0) is 16.4. The number of primary amides is 1. The lowest BCUT2D eigenvalue weighted by Gasteiger charge is -2.24. The third-order valence-electron chi connectivity index (χ3n) is 4.95. The summed E-state index contributed by atoms with van der Waals surface area (Å²) in [5, 5.41) is 0.700. The van der Waals surface area contributed by atoms with Crippen molar-refractivity contribution in [3.05, 3.63) is 46.6 Å². The van der Waals surface area contributed by atoms with Gasteiger partial charge in [-0.15, -0.1) is 0 Å². The fourth-order valence-electron chi connectivity index (χ4n) is 3.65. The highest BCUT2D eigenvalue weighted by molar-refractivity contribution is 6.33. The molecule has 2 N–H and O–H groups in total. The molecule has 1 amide bonds. The Hall–Kier alpha value is -1.74. The Labute approximate surface area is 142 Å². The van der Waals surface area contributed by atoms with Gasteiger partial charge >= 0.3 is 0 Å². The SMILES string of the molecule is Cc1c(C(N)=O)cc(-c2ccccc2Cl)n1CC1CCCCC1. The minimum absolute atomic E-state index is 0.377. The first-order valence-electron chi connectivity index (χ1n) is 8.32. The zero-order valence-electron chi connectivity index (χ0n) is 13.5. The molecule has 0 radical (unpaired) electrons. The predicted octanol–water partition coefficient (Wildman–Crippen LogP) is 4.80. The molecule has 0 saturated heterocycles. The Kier molecular flexibility index (Phi) is 4.76. The van der Waals surface area contributed by atoms with Gasteiger partial charge < -0.3 is 10.3 Å². The van der Waals surface area contributed by atoms with Crippen molar-refractivity contribution >= 4 is 17.5 Å². The number of rotatable bonds is 4. The maximum Gasteiger partial charge on any atom is 0.250 e. The van der Waals surface area contributed by atoms with Crippen molar-refractivity contribution in [2.24, 2.45) is 11.7 Å². The number of benzene rings is 1. The number of hydrogen-bond acceptors (Lipinski definition) is 1. The lowest BCUT2D eigenvalue weighted by molar-refractivity contribution is 0.0999. The topological polar surface area (TPSA) is 48.0 Å². The molecule has 3 nitrogen and oxygen atoms in total. The summed E-state index contributed by atoms with van der Waals surface area (Å²) in [5.74, 6) is 0.287. The molecule has 0 bridgehead atoms. The highest BCUT2D eigenvalue weighted by Crippen LogP contribution is 2.34. The van der Waals surface area contributed by atoms with E-state index < -0.39 is 0 Å². The molecule has 1 heterocycles. The summed E-state index contributed by atoms with van der Waals surface area (Å²) in [4.78, 5) is 11.8. The van der Waals surface area contributed by atoms with Crippen LogP contribution in [0.15, 0.2) is 30.3 Å². The Balaban J connectivity index is 2.05. The van der Waals surface area contributed by atoms with Gasteiger partial charge in [0.05, 0.1) is 11.3 Å². The van der Waals surface area contributed by atoms with E-state index in [4.69, 9.17) is 17.3 Å². The van der Waals surface area contributed by atoms with Crippen molar-refractivity contribution in [2.45, 2.75) is 45.6 Å². The van der Waals surface area contributed by atoms with Crippen LogP contribution in [0.25, 0.3) is 11.3 Å². The van der Waals surface area contributed by atoms with Crippen LogP contribution in [0.3, 0.4) is 0 Å². The van der Waals surface area contributed by atoms with Gasteiger partial charge in [0, 0.05) is 22.8 Å². The molecule has 0 atom stereocenters. The van der Waals surface area contributed by atoms with Crippen molar-refractivity contribution in [3.63, 3.8) is 0 Å².